The molecular weight excluding hydrogens is 1270 g/mol. The van der Waals surface area contributed by atoms with Crippen LogP contribution in [0.3, 0.4) is 0 Å². The lowest BCUT2D eigenvalue weighted by molar-refractivity contribution is -0.161. The first-order chi connectivity index (χ1) is 46.7. The lowest BCUT2D eigenvalue weighted by Crippen LogP contribution is -2.30. The summed E-state index contributed by atoms with van der Waals surface area (Å²) in [6.45, 7) is 14.2. The normalized spacial score (nSPS) is 14.6. The van der Waals surface area contributed by atoms with Gasteiger partial charge in [0.1, 0.15) is 19.3 Å². The first kappa shape index (κ1) is 95.1. The van der Waals surface area contributed by atoms with Gasteiger partial charge in [-0.1, -0.05) is 344 Å². The van der Waals surface area contributed by atoms with Crippen molar-refractivity contribution in [1.29, 1.82) is 0 Å². The number of aliphatic hydroxyl groups is 1. The standard InChI is InChI=1S/C78H152O17P2/c1-9-70(7)56-48-40-32-26-22-23-27-33-42-50-58-75(80)88-64-73(94-77(82)60-52-44-34-28-20-15-13-11-12-14-18-24-30-38-46-54-68(3)4)66-92-96(84,85)90-62-72(79)63-91-97(86,87)93-67-74(65-89-76(81)59-51-43-37-36-41-49-57-71(8)10-2)95-78(83)61-53-45-35-29-21-17-16-19-25-31-39-47-55-69(5)6/h68-74,79H,9-67H2,1-8H3,(H,84,85)(H,86,87)/t70?,71?,72-,73-,74-/m1/s1. The fraction of sp³-hybridized carbons (Fsp3) is 0.949. The molecule has 0 aliphatic heterocycles. The lowest BCUT2D eigenvalue weighted by atomic mass is 9.99. The Morgan fingerprint density at radius 1 is 0.289 bits per heavy atom. The molecule has 97 heavy (non-hydrogen) atoms. The second-order valence-corrected chi connectivity index (χ2v) is 32.4. The maximum Gasteiger partial charge on any atom is 0.472 e. The van der Waals surface area contributed by atoms with Crippen molar-refractivity contribution in [3.63, 3.8) is 0 Å². The summed E-state index contributed by atoms with van der Waals surface area (Å²) in [4.78, 5) is 72.9. The molecule has 0 saturated carbocycles. The number of unbranched alkanes of at least 4 members (excludes halogenated alkanes) is 39. The first-order valence-electron chi connectivity index (χ1n) is 40.3. The van der Waals surface area contributed by atoms with Crippen LogP contribution >= 0.6 is 15.6 Å². The van der Waals surface area contributed by atoms with E-state index in [0.717, 1.165) is 120 Å². The minimum atomic E-state index is -4.96. The number of esters is 4. The zero-order valence-electron chi connectivity index (χ0n) is 63.7. The van der Waals surface area contributed by atoms with Crippen LogP contribution in [0.1, 0.15) is 396 Å². The Labute approximate surface area is 594 Å². The molecule has 17 nitrogen and oxygen atoms in total. The van der Waals surface area contributed by atoms with Crippen molar-refractivity contribution in [1.82, 2.24) is 0 Å². The molecule has 0 aromatic rings. The number of carbonyl (C=O) groups excluding carboxylic acids is 4. The van der Waals surface area contributed by atoms with Gasteiger partial charge in [0.2, 0.25) is 0 Å². The third-order valence-corrected chi connectivity index (χ3v) is 20.7. The fourth-order valence-corrected chi connectivity index (χ4v) is 13.4. The predicted molar refractivity (Wildman–Crippen MR) is 395 cm³/mol. The molecule has 0 heterocycles. The van der Waals surface area contributed by atoms with Gasteiger partial charge >= 0.3 is 39.5 Å². The summed E-state index contributed by atoms with van der Waals surface area (Å²) in [7, 11) is -9.92. The van der Waals surface area contributed by atoms with E-state index < -0.39 is 97.5 Å². The van der Waals surface area contributed by atoms with Crippen LogP contribution in [-0.4, -0.2) is 96.7 Å². The molecule has 0 aliphatic carbocycles. The highest BCUT2D eigenvalue weighted by Gasteiger charge is 2.30. The highest BCUT2D eigenvalue weighted by molar-refractivity contribution is 7.47. The molecule has 0 aromatic carbocycles. The second kappa shape index (κ2) is 67.2. The number of hydrogen-bond acceptors (Lipinski definition) is 15. The Kier molecular flexibility index (Phi) is 65.9. The van der Waals surface area contributed by atoms with Gasteiger partial charge in [-0.05, 0) is 49.4 Å². The van der Waals surface area contributed by atoms with Crippen LogP contribution in [0.4, 0.5) is 0 Å². The Balaban J connectivity index is 5.26. The zero-order chi connectivity index (χ0) is 71.7. The maximum absolute atomic E-state index is 13.1. The summed E-state index contributed by atoms with van der Waals surface area (Å²) in [5, 5.41) is 10.6. The number of phosphoric acid groups is 2. The van der Waals surface area contributed by atoms with Crippen LogP contribution in [0, 0.1) is 23.7 Å². The number of ether oxygens (including phenoxy) is 4. The largest absolute Gasteiger partial charge is 0.472 e. The van der Waals surface area contributed by atoms with Gasteiger partial charge in [-0.15, -0.1) is 0 Å². The molecule has 0 amide bonds. The molecule has 0 spiro atoms. The average Bonchev–Trinajstić information content (AvgIpc) is 1.31. The van der Waals surface area contributed by atoms with E-state index in [1.54, 1.807) is 0 Å². The van der Waals surface area contributed by atoms with E-state index in [9.17, 15) is 43.2 Å². The number of carbonyl (C=O) groups is 4. The van der Waals surface area contributed by atoms with Crippen molar-refractivity contribution in [2.75, 3.05) is 39.6 Å². The second-order valence-electron chi connectivity index (χ2n) is 29.5. The van der Waals surface area contributed by atoms with E-state index in [2.05, 4.69) is 55.4 Å². The van der Waals surface area contributed by atoms with Crippen molar-refractivity contribution in [2.24, 2.45) is 23.7 Å². The molecule has 576 valence electrons. The van der Waals surface area contributed by atoms with E-state index >= 15 is 0 Å². The number of aliphatic hydroxyl groups excluding tert-OH is 1. The molecule has 3 N–H and O–H groups in total. The maximum atomic E-state index is 13.1. The molecule has 0 rings (SSSR count). The topological polar surface area (TPSA) is 237 Å². The van der Waals surface area contributed by atoms with Gasteiger partial charge in [-0.3, -0.25) is 37.3 Å². The van der Waals surface area contributed by atoms with Crippen molar-refractivity contribution in [3.8, 4) is 0 Å². The van der Waals surface area contributed by atoms with Crippen molar-refractivity contribution < 1.29 is 80.2 Å². The van der Waals surface area contributed by atoms with Crippen molar-refractivity contribution in [3.05, 3.63) is 0 Å². The van der Waals surface area contributed by atoms with Crippen LogP contribution < -0.4 is 0 Å². The Morgan fingerprint density at radius 3 is 0.732 bits per heavy atom. The van der Waals surface area contributed by atoms with E-state index in [1.807, 2.05) is 0 Å². The molecule has 0 saturated heterocycles. The minimum absolute atomic E-state index is 0.106. The summed E-state index contributed by atoms with van der Waals surface area (Å²) in [6, 6.07) is 0. The summed E-state index contributed by atoms with van der Waals surface area (Å²) in [5.41, 5.74) is 0. The molecule has 0 radical (unpaired) electrons. The van der Waals surface area contributed by atoms with Gasteiger partial charge in [0.05, 0.1) is 26.4 Å². The fourth-order valence-electron chi connectivity index (χ4n) is 11.8. The predicted octanol–water partition coefficient (Wildman–Crippen LogP) is 22.8. The lowest BCUT2D eigenvalue weighted by Gasteiger charge is -2.21. The SMILES string of the molecule is CCC(C)CCCCCCCCCCCCC(=O)OC[C@H](COP(=O)(O)OC[C@@H](O)COP(=O)(O)OC[C@@H](COC(=O)CCCCCCCCC(C)CC)OC(=O)CCCCCCCCCCCCCCC(C)C)OC(=O)CCCCCCCCCCCCCCCCCC(C)C. The monoisotopic (exact) mass is 1420 g/mol. The number of rotatable bonds is 75. The van der Waals surface area contributed by atoms with Crippen LogP contribution in [0.5, 0.6) is 0 Å². The van der Waals surface area contributed by atoms with Gasteiger partial charge in [0.15, 0.2) is 12.2 Å². The number of phosphoric ester groups is 2. The minimum Gasteiger partial charge on any atom is -0.462 e. The third kappa shape index (κ3) is 69.5. The van der Waals surface area contributed by atoms with Crippen LogP contribution in [0.15, 0.2) is 0 Å². The van der Waals surface area contributed by atoms with E-state index in [-0.39, 0.29) is 25.7 Å². The molecule has 0 bridgehead atoms. The van der Waals surface area contributed by atoms with E-state index in [0.29, 0.717) is 25.7 Å². The quantitative estimate of drug-likeness (QED) is 0.0222. The molecule has 0 aliphatic rings. The van der Waals surface area contributed by atoms with E-state index in [1.165, 1.54) is 193 Å². The number of hydrogen-bond donors (Lipinski definition) is 3. The Bertz CT molecular complexity index is 1910. The summed E-state index contributed by atoms with van der Waals surface area (Å²) >= 11 is 0. The molecule has 19 heteroatoms. The molecule has 0 aromatic heterocycles. The van der Waals surface area contributed by atoms with Gasteiger partial charge in [0, 0.05) is 25.7 Å². The van der Waals surface area contributed by atoms with E-state index in [4.69, 9.17) is 37.0 Å². The molecule has 7 atom stereocenters. The zero-order valence-corrected chi connectivity index (χ0v) is 65.5. The molecule has 0 fully saturated rings. The van der Waals surface area contributed by atoms with Gasteiger partial charge in [-0.2, -0.15) is 0 Å². The third-order valence-electron chi connectivity index (χ3n) is 18.8. The van der Waals surface area contributed by atoms with Crippen LogP contribution in [0.25, 0.3) is 0 Å². The van der Waals surface area contributed by atoms with Gasteiger partial charge in [-0.25, -0.2) is 9.13 Å². The summed E-state index contributed by atoms with van der Waals surface area (Å²) in [5.74, 6) is 1.00. The van der Waals surface area contributed by atoms with Crippen molar-refractivity contribution >= 4 is 39.5 Å². The van der Waals surface area contributed by atoms with Gasteiger partial charge in [0.25, 0.3) is 0 Å². The highest BCUT2D eigenvalue weighted by Crippen LogP contribution is 2.45. The molecule has 4 unspecified atom stereocenters. The Hall–Kier alpha value is -1.94. The van der Waals surface area contributed by atoms with Gasteiger partial charge < -0.3 is 33.8 Å². The Morgan fingerprint density at radius 2 is 0.495 bits per heavy atom. The molecular formula is C78H152O17P2. The highest BCUT2D eigenvalue weighted by atomic mass is 31.2. The average molecular weight is 1420 g/mol. The summed E-state index contributed by atoms with van der Waals surface area (Å²) in [6.07, 6.45) is 52.6. The smallest absolute Gasteiger partial charge is 0.462 e. The summed E-state index contributed by atoms with van der Waals surface area (Å²) < 4.78 is 68.6. The first-order valence-corrected chi connectivity index (χ1v) is 43.3. The van der Waals surface area contributed by atoms with Crippen LogP contribution in [0.2, 0.25) is 0 Å². The van der Waals surface area contributed by atoms with Crippen LogP contribution in [-0.2, 0) is 65.4 Å². The van der Waals surface area contributed by atoms with Crippen molar-refractivity contribution in [2.45, 2.75) is 414 Å².